The summed E-state index contributed by atoms with van der Waals surface area (Å²) >= 11 is 0. The van der Waals surface area contributed by atoms with Crippen LogP contribution in [0.1, 0.15) is 12.0 Å². The summed E-state index contributed by atoms with van der Waals surface area (Å²) in [6, 6.07) is 14.4. The molecule has 1 amide bonds. The lowest BCUT2D eigenvalue weighted by Crippen LogP contribution is -2.12. The number of ether oxygens (including phenoxy) is 3. The van der Waals surface area contributed by atoms with E-state index in [1.807, 2.05) is 24.3 Å². The van der Waals surface area contributed by atoms with Crippen LogP contribution in [0, 0.1) is 11.3 Å². The number of nitriles is 1. The second-order valence-corrected chi connectivity index (χ2v) is 5.17. The number of rotatable bonds is 8. The van der Waals surface area contributed by atoms with Gasteiger partial charge in [0.15, 0.2) is 18.1 Å². The van der Waals surface area contributed by atoms with E-state index in [-0.39, 0.29) is 12.5 Å². The van der Waals surface area contributed by atoms with Crippen molar-refractivity contribution in [2.75, 3.05) is 26.1 Å². The number of amides is 1. The van der Waals surface area contributed by atoms with Crippen molar-refractivity contribution >= 4 is 11.6 Å². The number of hydrogen-bond acceptors (Lipinski definition) is 5. The van der Waals surface area contributed by atoms with Gasteiger partial charge >= 0.3 is 0 Å². The first kappa shape index (κ1) is 18.1. The third-order valence-electron chi connectivity index (χ3n) is 3.55. The molecule has 0 fully saturated rings. The highest BCUT2D eigenvalue weighted by Gasteiger charge is 2.11. The van der Waals surface area contributed by atoms with E-state index in [1.54, 1.807) is 38.5 Å². The summed E-state index contributed by atoms with van der Waals surface area (Å²) in [5.74, 6) is 1.78. The summed E-state index contributed by atoms with van der Waals surface area (Å²) in [4.78, 5) is 12.1. The molecule has 0 atom stereocenters. The normalized spacial score (nSPS) is 9.80. The van der Waals surface area contributed by atoms with Gasteiger partial charge in [-0.3, -0.25) is 4.79 Å². The number of hydrogen-bond donors (Lipinski definition) is 1. The molecule has 0 unspecified atom stereocenters. The maximum absolute atomic E-state index is 12.1. The summed E-state index contributed by atoms with van der Waals surface area (Å²) in [6.07, 6.45) is 0.853. The standard InChI is InChI=1S/C19H20N2O4/c1-23-17-5-3-4-14(19(17)24-2)6-11-18(22)21-15-7-9-16(10-8-15)25-13-12-20/h3-5,7-10H,6,11,13H2,1-2H3,(H,21,22). The Morgan fingerprint density at radius 1 is 1.12 bits per heavy atom. The molecule has 0 heterocycles. The minimum atomic E-state index is -0.101. The molecule has 2 aromatic rings. The molecule has 0 bridgehead atoms. The van der Waals surface area contributed by atoms with Crippen LogP contribution in [0.3, 0.4) is 0 Å². The fraction of sp³-hybridized carbons (Fsp3) is 0.263. The fourth-order valence-electron chi connectivity index (χ4n) is 2.37. The number of para-hydroxylation sites is 1. The van der Waals surface area contributed by atoms with Crippen molar-refractivity contribution in [3.05, 3.63) is 48.0 Å². The number of nitrogens with one attached hydrogen (secondary N) is 1. The van der Waals surface area contributed by atoms with Gasteiger partial charge in [0.05, 0.1) is 14.2 Å². The molecule has 2 aromatic carbocycles. The monoisotopic (exact) mass is 340 g/mol. The minimum absolute atomic E-state index is 0.00588. The molecule has 0 aliphatic rings. The number of nitrogens with zero attached hydrogens (tertiary/aromatic N) is 1. The first-order valence-corrected chi connectivity index (χ1v) is 7.77. The smallest absolute Gasteiger partial charge is 0.224 e. The Morgan fingerprint density at radius 2 is 1.88 bits per heavy atom. The third-order valence-corrected chi connectivity index (χ3v) is 3.55. The van der Waals surface area contributed by atoms with Crippen molar-refractivity contribution in [3.8, 4) is 23.3 Å². The predicted molar refractivity (Wildman–Crippen MR) is 94.0 cm³/mol. The van der Waals surface area contributed by atoms with Crippen molar-refractivity contribution in [3.63, 3.8) is 0 Å². The van der Waals surface area contributed by atoms with E-state index in [0.717, 1.165) is 5.56 Å². The molecule has 0 spiro atoms. The summed E-state index contributed by atoms with van der Waals surface area (Å²) in [6.45, 7) is -0.00588. The number of carbonyl (C=O) groups excluding carboxylic acids is 1. The molecule has 1 N–H and O–H groups in total. The highest BCUT2D eigenvalue weighted by atomic mass is 16.5. The summed E-state index contributed by atoms with van der Waals surface area (Å²) in [5, 5.41) is 11.3. The highest BCUT2D eigenvalue weighted by molar-refractivity contribution is 5.90. The van der Waals surface area contributed by atoms with E-state index in [2.05, 4.69) is 5.32 Å². The molecule has 25 heavy (non-hydrogen) atoms. The molecule has 130 valence electrons. The van der Waals surface area contributed by atoms with Crippen molar-refractivity contribution in [1.29, 1.82) is 5.26 Å². The van der Waals surface area contributed by atoms with Gasteiger partial charge in [-0.1, -0.05) is 12.1 Å². The van der Waals surface area contributed by atoms with Gasteiger partial charge in [-0.05, 0) is 42.3 Å². The van der Waals surface area contributed by atoms with Crippen LogP contribution >= 0.6 is 0 Å². The molecule has 0 aromatic heterocycles. The summed E-state index contributed by atoms with van der Waals surface area (Å²) in [7, 11) is 3.16. The van der Waals surface area contributed by atoms with Crippen molar-refractivity contribution in [2.45, 2.75) is 12.8 Å². The Labute approximate surface area is 146 Å². The van der Waals surface area contributed by atoms with Gasteiger partial charge in [0.1, 0.15) is 11.8 Å². The van der Waals surface area contributed by atoms with E-state index in [9.17, 15) is 4.79 Å². The Bertz CT molecular complexity index is 751. The average molecular weight is 340 g/mol. The Kier molecular flexibility index (Phi) is 6.66. The van der Waals surface area contributed by atoms with E-state index in [4.69, 9.17) is 19.5 Å². The molecule has 0 saturated carbocycles. The zero-order chi connectivity index (χ0) is 18.1. The lowest BCUT2D eigenvalue weighted by atomic mass is 10.1. The average Bonchev–Trinajstić information content (AvgIpc) is 2.65. The number of aryl methyl sites for hydroxylation is 1. The first-order valence-electron chi connectivity index (χ1n) is 7.77. The predicted octanol–water partition coefficient (Wildman–Crippen LogP) is 3.18. The SMILES string of the molecule is COc1cccc(CCC(=O)Nc2ccc(OCC#N)cc2)c1OC. The minimum Gasteiger partial charge on any atom is -0.493 e. The molecule has 0 radical (unpaired) electrons. The molecule has 6 nitrogen and oxygen atoms in total. The summed E-state index contributed by atoms with van der Waals surface area (Å²) < 4.78 is 15.8. The van der Waals surface area contributed by atoms with Gasteiger partial charge in [0.25, 0.3) is 0 Å². The van der Waals surface area contributed by atoms with E-state index < -0.39 is 0 Å². The van der Waals surface area contributed by atoms with Crippen LogP contribution < -0.4 is 19.5 Å². The molecule has 0 saturated heterocycles. The second kappa shape index (κ2) is 9.18. The molecular formula is C19H20N2O4. The lowest BCUT2D eigenvalue weighted by molar-refractivity contribution is -0.116. The van der Waals surface area contributed by atoms with E-state index in [1.165, 1.54) is 0 Å². The number of methoxy groups -OCH3 is 2. The zero-order valence-electron chi connectivity index (χ0n) is 14.2. The van der Waals surface area contributed by atoms with E-state index >= 15 is 0 Å². The van der Waals surface area contributed by atoms with Gasteiger partial charge in [-0.15, -0.1) is 0 Å². The van der Waals surface area contributed by atoms with Crippen molar-refractivity contribution < 1.29 is 19.0 Å². The van der Waals surface area contributed by atoms with Crippen LogP contribution in [0.4, 0.5) is 5.69 Å². The number of carbonyl (C=O) groups is 1. The quantitative estimate of drug-likeness (QED) is 0.798. The van der Waals surface area contributed by atoms with Crippen LogP contribution in [0.5, 0.6) is 17.2 Å². The maximum atomic E-state index is 12.1. The van der Waals surface area contributed by atoms with Gasteiger partial charge in [0.2, 0.25) is 5.91 Å². The third kappa shape index (κ3) is 5.15. The van der Waals surface area contributed by atoms with Gasteiger partial charge in [-0.2, -0.15) is 5.26 Å². The molecular weight excluding hydrogens is 320 g/mol. The second-order valence-electron chi connectivity index (χ2n) is 5.17. The van der Waals surface area contributed by atoms with Crippen molar-refractivity contribution in [2.24, 2.45) is 0 Å². The zero-order valence-corrected chi connectivity index (χ0v) is 14.2. The number of benzene rings is 2. The lowest BCUT2D eigenvalue weighted by Gasteiger charge is -2.12. The fourth-order valence-corrected chi connectivity index (χ4v) is 2.37. The maximum Gasteiger partial charge on any atom is 0.224 e. The first-order chi connectivity index (χ1) is 12.2. The molecule has 0 aliphatic heterocycles. The highest BCUT2D eigenvalue weighted by Crippen LogP contribution is 2.31. The Hall–Kier alpha value is -3.20. The van der Waals surface area contributed by atoms with E-state index in [0.29, 0.717) is 35.8 Å². The molecule has 6 heteroatoms. The van der Waals surface area contributed by atoms with Crippen molar-refractivity contribution in [1.82, 2.24) is 0 Å². The Balaban J connectivity index is 1.92. The molecule has 2 rings (SSSR count). The van der Waals surface area contributed by atoms with Gasteiger partial charge < -0.3 is 19.5 Å². The van der Waals surface area contributed by atoms with Crippen LogP contribution in [0.15, 0.2) is 42.5 Å². The van der Waals surface area contributed by atoms with Gasteiger partial charge in [0, 0.05) is 12.1 Å². The number of anilines is 1. The van der Waals surface area contributed by atoms with Gasteiger partial charge in [-0.25, -0.2) is 0 Å². The summed E-state index contributed by atoms with van der Waals surface area (Å²) in [5.41, 5.74) is 1.59. The molecule has 0 aliphatic carbocycles. The topological polar surface area (TPSA) is 80.6 Å². The van der Waals surface area contributed by atoms with Crippen LogP contribution in [0.25, 0.3) is 0 Å². The van der Waals surface area contributed by atoms with Crippen LogP contribution in [0.2, 0.25) is 0 Å². The largest absolute Gasteiger partial charge is 0.493 e. The Morgan fingerprint density at radius 3 is 2.52 bits per heavy atom. The van der Waals surface area contributed by atoms with Crippen LogP contribution in [-0.4, -0.2) is 26.7 Å². The van der Waals surface area contributed by atoms with Crippen LogP contribution in [-0.2, 0) is 11.2 Å².